The van der Waals surface area contributed by atoms with Crippen molar-refractivity contribution in [2.45, 2.75) is 6.54 Å². The number of benzene rings is 1. The van der Waals surface area contributed by atoms with Gasteiger partial charge in [0.1, 0.15) is 23.9 Å². The van der Waals surface area contributed by atoms with Crippen molar-refractivity contribution in [2.75, 3.05) is 32.4 Å². The number of carbonyl (C=O) groups excluding carboxylic acids is 2. The molecule has 0 bridgehead atoms. The number of pyridine rings is 1. The second-order valence-electron chi connectivity index (χ2n) is 6.24. The Morgan fingerprint density at radius 3 is 2.79 bits per heavy atom. The van der Waals surface area contributed by atoms with Crippen molar-refractivity contribution < 1.29 is 28.2 Å². The fourth-order valence-corrected chi connectivity index (χ4v) is 2.79. The zero-order valence-corrected chi connectivity index (χ0v) is 15.4. The van der Waals surface area contributed by atoms with E-state index in [9.17, 15) is 28.3 Å². The minimum atomic E-state index is -1.04. The van der Waals surface area contributed by atoms with Crippen molar-refractivity contribution in [1.82, 2.24) is 14.9 Å². The Balaban J connectivity index is 1.82. The van der Waals surface area contributed by atoms with E-state index in [0.717, 1.165) is 23.0 Å². The van der Waals surface area contributed by atoms with Crippen molar-refractivity contribution in [3.8, 4) is 5.75 Å². The normalized spacial score (nSPS) is 13.1. The zero-order valence-electron chi connectivity index (χ0n) is 15.4. The molecule has 0 unspecified atom stereocenters. The molecule has 2 aromatic rings. The number of nitrogens with zero attached hydrogens (tertiary/aromatic N) is 2. The van der Waals surface area contributed by atoms with Crippen LogP contribution in [0.15, 0.2) is 29.2 Å². The number of hydrogen-bond acceptors (Lipinski definition) is 6. The minimum Gasteiger partial charge on any atom is -0.502 e. The van der Waals surface area contributed by atoms with E-state index >= 15 is 0 Å². The molecule has 3 rings (SSSR count). The first kappa shape index (κ1) is 20.3. The Bertz CT molecular complexity index is 1020. The van der Waals surface area contributed by atoms with Gasteiger partial charge in [0.15, 0.2) is 11.4 Å². The number of rotatable bonds is 6. The molecule has 2 heterocycles. The van der Waals surface area contributed by atoms with Crippen LogP contribution in [0.5, 0.6) is 5.75 Å². The maximum atomic E-state index is 13.7. The SMILES string of the molecule is COCCN1CNn2cc(C(=O)NCc3ccc(F)cc3F)c(=O)c(O)c2C1=O. The van der Waals surface area contributed by atoms with Crippen LogP contribution in [0.2, 0.25) is 0 Å². The highest BCUT2D eigenvalue weighted by molar-refractivity contribution is 5.99. The summed E-state index contributed by atoms with van der Waals surface area (Å²) in [4.78, 5) is 38.6. The summed E-state index contributed by atoms with van der Waals surface area (Å²) in [5, 5.41) is 12.5. The van der Waals surface area contributed by atoms with Crippen LogP contribution < -0.4 is 16.2 Å². The number of amides is 2. The van der Waals surface area contributed by atoms with Gasteiger partial charge in [-0.15, -0.1) is 0 Å². The van der Waals surface area contributed by atoms with E-state index in [1.165, 1.54) is 12.0 Å². The summed E-state index contributed by atoms with van der Waals surface area (Å²) in [5.74, 6) is -3.98. The first-order valence-electron chi connectivity index (χ1n) is 8.56. The number of hydrogen-bond donors (Lipinski definition) is 3. The van der Waals surface area contributed by atoms with E-state index in [4.69, 9.17) is 4.74 Å². The molecule has 9 nitrogen and oxygen atoms in total. The first-order valence-corrected chi connectivity index (χ1v) is 8.56. The molecule has 1 aromatic carbocycles. The van der Waals surface area contributed by atoms with E-state index in [2.05, 4.69) is 10.7 Å². The van der Waals surface area contributed by atoms with Gasteiger partial charge in [-0.1, -0.05) is 6.07 Å². The lowest BCUT2D eigenvalue weighted by Crippen LogP contribution is -2.48. The fraction of sp³-hybridized carbons (Fsp3) is 0.278. The van der Waals surface area contributed by atoms with E-state index in [1.54, 1.807) is 0 Å². The smallest absolute Gasteiger partial charge is 0.277 e. The van der Waals surface area contributed by atoms with Gasteiger partial charge in [-0.25, -0.2) is 8.78 Å². The fourth-order valence-electron chi connectivity index (χ4n) is 2.79. The predicted octanol–water partition coefficient (Wildman–Crippen LogP) is 0.365. The molecule has 29 heavy (non-hydrogen) atoms. The Morgan fingerprint density at radius 2 is 2.10 bits per heavy atom. The van der Waals surface area contributed by atoms with Crippen LogP contribution in [0.25, 0.3) is 0 Å². The average Bonchev–Trinajstić information content (AvgIpc) is 2.69. The van der Waals surface area contributed by atoms with E-state index in [0.29, 0.717) is 6.07 Å². The molecule has 3 N–H and O–H groups in total. The molecule has 0 saturated heterocycles. The molecule has 0 radical (unpaired) electrons. The third-order valence-electron chi connectivity index (χ3n) is 4.37. The maximum absolute atomic E-state index is 13.7. The molecular formula is C18H18F2N4O5. The number of halogens is 2. The molecule has 154 valence electrons. The molecule has 2 amide bonds. The van der Waals surface area contributed by atoms with Crippen LogP contribution in [0.3, 0.4) is 0 Å². The molecule has 1 aliphatic rings. The molecule has 0 aliphatic carbocycles. The summed E-state index contributed by atoms with van der Waals surface area (Å²) in [6.45, 7) is 0.268. The number of aromatic nitrogens is 1. The van der Waals surface area contributed by atoms with E-state index in [-0.39, 0.29) is 37.6 Å². The lowest BCUT2D eigenvalue weighted by Gasteiger charge is -2.31. The first-order chi connectivity index (χ1) is 13.8. The number of fused-ring (bicyclic) bond motifs is 1. The summed E-state index contributed by atoms with van der Waals surface area (Å²) in [6.07, 6.45) is 1.08. The number of nitrogens with one attached hydrogen (secondary N) is 2. The van der Waals surface area contributed by atoms with Crippen LogP contribution in [-0.4, -0.2) is 53.4 Å². The predicted molar refractivity (Wildman–Crippen MR) is 97.0 cm³/mol. The van der Waals surface area contributed by atoms with Gasteiger partial charge in [-0.05, 0) is 6.07 Å². The average molecular weight is 408 g/mol. The number of aromatic hydroxyl groups is 1. The standard InChI is InChI=1S/C18H18F2N4O5/c1-29-5-4-23-9-22-24-8-12(15(25)16(26)14(24)18(23)28)17(27)21-7-10-2-3-11(19)6-13(10)20/h2-3,6,8,22,26H,4-5,7,9H2,1H3,(H,21,27). The number of methoxy groups -OCH3 is 1. The third-order valence-corrected chi connectivity index (χ3v) is 4.37. The van der Waals surface area contributed by atoms with Crippen molar-refractivity contribution in [3.63, 3.8) is 0 Å². The van der Waals surface area contributed by atoms with Crippen LogP contribution in [0, 0.1) is 11.6 Å². The van der Waals surface area contributed by atoms with Gasteiger partial charge >= 0.3 is 0 Å². The van der Waals surface area contributed by atoms with Gasteiger partial charge in [0.2, 0.25) is 5.43 Å². The highest BCUT2D eigenvalue weighted by Crippen LogP contribution is 2.18. The molecule has 0 fully saturated rings. The minimum absolute atomic E-state index is 0.0177. The van der Waals surface area contributed by atoms with Crippen molar-refractivity contribution in [2.24, 2.45) is 0 Å². The Labute approximate surface area is 163 Å². The molecule has 0 atom stereocenters. The Kier molecular flexibility index (Phi) is 5.78. The van der Waals surface area contributed by atoms with Gasteiger partial charge < -0.3 is 25.5 Å². The highest BCUT2D eigenvalue weighted by atomic mass is 19.1. The molecule has 0 saturated carbocycles. The topological polar surface area (TPSA) is 113 Å². The van der Waals surface area contributed by atoms with Gasteiger partial charge in [0.25, 0.3) is 11.8 Å². The maximum Gasteiger partial charge on any atom is 0.277 e. The van der Waals surface area contributed by atoms with Crippen LogP contribution >= 0.6 is 0 Å². The van der Waals surface area contributed by atoms with Crippen molar-refractivity contribution in [3.05, 3.63) is 63.1 Å². The largest absolute Gasteiger partial charge is 0.502 e. The van der Waals surface area contributed by atoms with E-state index in [1.807, 2.05) is 0 Å². The lowest BCUT2D eigenvalue weighted by molar-refractivity contribution is 0.0661. The number of ether oxygens (including phenoxy) is 1. The summed E-state index contributed by atoms with van der Waals surface area (Å²) >= 11 is 0. The Morgan fingerprint density at radius 1 is 1.34 bits per heavy atom. The highest BCUT2D eigenvalue weighted by Gasteiger charge is 2.30. The monoisotopic (exact) mass is 408 g/mol. The van der Waals surface area contributed by atoms with Gasteiger partial charge in [0.05, 0.1) is 6.61 Å². The van der Waals surface area contributed by atoms with Gasteiger partial charge in [-0.2, -0.15) is 0 Å². The second kappa shape index (κ2) is 8.27. The molecule has 0 spiro atoms. The molecule has 1 aromatic heterocycles. The number of carbonyl (C=O) groups is 2. The van der Waals surface area contributed by atoms with E-state index < -0.39 is 40.2 Å². The second-order valence-corrected chi connectivity index (χ2v) is 6.24. The van der Waals surface area contributed by atoms with Crippen molar-refractivity contribution in [1.29, 1.82) is 0 Å². The molecule has 11 heteroatoms. The lowest BCUT2D eigenvalue weighted by atomic mass is 10.1. The van der Waals surface area contributed by atoms with Crippen LogP contribution in [-0.2, 0) is 11.3 Å². The summed E-state index contributed by atoms with van der Waals surface area (Å²) in [6, 6.07) is 2.87. The molecular weight excluding hydrogens is 390 g/mol. The third kappa shape index (κ3) is 4.04. The molecule has 1 aliphatic heterocycles. The Hall–Kier alpha value is -3.47. The van der Waals surface area contributed by atoms with Crippen LogP contribution in [0.1, 0.15) is 26.4 Å². The quantitative estimate of drug-likeness (QED) is 0.637. The van der Waals surface area contributed by atoms with Gasteiger partial charge in [-0.3, -0.25) is 19.1 Å². The summed E-state index contributed by atoms with van der Waals surface area (Å²) in [7, 11) is 1.47. The van der Waals surface area contributed by atoms with Gasteiger partial charge in [0, 0.05) is 38.0 Å². The van der Waals surface area contributed by atoms with Crippen molar-refractivity contribution >= 4 is 11.8 Å². The summed E-state index contributed by atoms with van der Waals surface area (Å²) in [5.41, 5.74) is 1.01. The van der Waals surface area contributed by atoms with Crippen LogP contribution in [0.4, 0.5) is 8.78 Å². The summed E-state index contributed by atoms with van der Waals surface area (Å²) < 4.78 is 32.6. The zero-order chi connectivity index (χ0) is 21.1.